The SMILES string of the molecule is CCNC(=NCC(C)(C)S(C)(=O)=O)NCC(C)(C)c1ccc(F)cc1Cl. The molecular formula is C18H29ClFN3O2S. The Hall–Kier alpha value is -1.34. The Morgan fingerprint density at radius 1 is 1.23 bits per heavy atom. The van der Waals surface area contributed by atoms with Crippen molar-refractivity contribution in [2.75, 3.05) is 25.9 Å². The van der Waals surface area contributed by atoms with Crippen molar-refractivity contribution in [1.29, 1.82) is 0 Å². The van der Waals surface area contributed by atoms with E-state index in [-0.39, 0.29) is 17.8 Å². The third kappa shape index (κ3) is 6.13. The second-order valence-electron chi connectivity index (χ2n) is 7.59. The van der Waals surface area contributed by atoms with E-state index in [2.05, 4.69) is 15.6 Å². The van der Waals surface area contributed by atoms with E-state index in [1.54, 1.807) is 19.9 Å². The summed E-state index contributed by atoms with van der Waals surface area (Å²) in [6.07, 6.45) is 1.21. The molecule has 0 atom stereocenters. The van der Waals surface area contributed by atoms with E-state index in [9.17, 15) is 12.8 Å². The molecule has 0 fully saturated rings. The number of nitrogens with zero attached hydrogens (tertiary/aromatic N) is 1. The average Bonchev–Trinajstić information content (AvgIpc) is 2.48. The molecule has 0 amide bonds. The van der Waals surface area contributed by atoms with Gasteiger partial charge in [-0.15, -0.1) is 0 Å². The van der Waals surface area contributed by atoms with Gasteiger partial charge in [0.25, 0.3) is 0 Å². The van der Waals surface area contributed by atoms with E-state index in [1.807, 2.05) is 20.8 Å². The Bertz CT molecular complexity index is 762. The van der Waals surface area contributed by atoms with Gasteiger partial charge in [-0.1, -0.05) is 31.5 Å². The van der Waals surface area contributed by atoms with Crippen molar-refractivity contribution >= 4 is 27.4 Å². The highest BCUT2D eigenvalue weighted by molar-refractivity contribution is 7.92. The second-order valence-corrected chi connectivity index (χ2v) is 10.6. The average molecular weight is 406 g/mol. The first-order valence-electron chi connectivity index (χ1n) is 8.47. The maximum atomic E-state index is 13.3. The van der Waals surface area contributed by atoms with E-state index in [1.165, 1.54) is 18.4 Å². The van der Waals surface area contributed by atoms with E-state index < -0.39 is 14.6 Å². The summed E-state index contributed by atoms with van der Waals surface area (Å²) in [4.78, 5) is 4.41. The van der Waals surface area contributed by atoms with Crippen LogP contribution >= 0.6 is 11.6 Å². The van der Waals surface area contributed by atoms with E-state index in [0.29, 0.717) is 24.1 Å². The van der Waals surface area contributed by atoms with E-state index in [4.69, 9.17) is 11.6 Å². The lowest BCUT2D eigenvalue weighted by atomic mass is 9.84. The molecule has 0 aliphatic carbocycles. The Morgan fingerprint density at radius 2 is 1.85 bits per heavy atom. The lowest BCUT2D eigenvalue weighted by Gasteiger charge is -2.28. The van der Waals surface area contributed by atoms with Crippen molar-refractivity contribution in [2.24, 2.45) is 4.99 Å². The Labute approximate surface area is 161 Å². The highest BCUT2D eigenvalue weighted by Gasteiger charge is 2.30. The van der Waals surface area contributed by atoms with Crippen LogP contribution in [-0.2, 0) is 15.3 Å². The van der Waals surface area contributed by atoms with Crippen LogP contribution in [0.2, 0.25) is 5.02 Å². The highest BCUT2D eigenvalue weighted by Crippen LogP contribution is 2.29. The normalized spacial score (nSPS) is 13.6. The number of guanidine groups is 1. The summed E-state index contributed by atoms with van der Waals surface area (Å²) in [5.41, 5.74) is 0.438. The first-order chi connectivity index (χ1) is 11.8. The summed E-state index contributed by atoms with van der Waals surface area (Å²) in [5.74, 6) is 0.149. The molecule has 0 aliphatic rings. The fraction of sp³-hybridized carbons (Fsp3) is 0.611. The third-order valence-electron chi connectivity index (χ3n) is 4.32. The first kappa shape index (κ1) is 22.7. The number of sulfone groups is 1. The molecule has 0 saturated carbocycles. The molecule has 1 aromatic rings. The standard InChI is InChI=1S/C18H29ClFN3O2S/c1-7-21-16(23-12-18(4,5)26(6,24)25)22-11-17(2,3)14-9-8-13(20)10-15(14)19/h8-10H,7,11-12H2,1-6H3,(H2,21,22,23). The van der Waals surface area contributed by atoms with Crippen LogP contribution < -0.4 is 10.6 Å². The second kappa shape index (κ2) is 8.57. The maximum absolute atomic E-state index is 13.3. The summed E-state index contributed by atoms with van der Waals surface area (Å²) in [6, 6.07) is 4.36. The van der Waals surface area contributed by atoms with Crippen LogP contribution in [0.4, 0.5) is 4.39 Å². The smallest absolute Gasteiger partial charge is 0.191 e. The lowest BCUT2D eigenvalue weighted by molar-refractivity contribution is 0.506. The molecule has 0 heterocycles. The van der Waals surface area contributed by atoms with E-state index >= 15 is 0 Å². The third-order valence-corrected chi connectivity index (χ3v) is 6.77. The number of hydrogen-bond acceptors (Lipinski definition) is 3. The van der Waals surface area contributed by atoms with Gasteiger partial charge < -0.3 is 10.6 Å². The predicted molar refractivity (Wildman–Crippen MR) is 107 cm³/mol. The minimum Gasteiger partial charge on any atom is -0.357 e. The van der Waals surface area contributed by atoms with Gasteiger partial charge in [0, 0.05) is 29.8 Å². The van der Waals surface area contributed by atoms with Crippen LogP contribution in [0, 0.1) is 5.82 Å². The minimum absolute atomic E-state index is 0.138. The monoisotopic (exact) mass is 405 g/mol. The van der Waals surface area contributed by atoms with Crippen molar-refractivity contribution in [3.05, 3.63) is 34.6 Å². The topological polar surface area (TPSA) is 70.6 Å². The fourth-order valence-corrected chi connectivity index (χ4v) is 2.89. The maximum Gasteiger partial charge on any atom is 0.191 e. The van der Waals surface area contributed by atoms with Gasteiger partial charge in [-0.05, 0) is 38.5 Å². The predicted octanol–water partition coefficient (Wildman–Crippen LogP) is 3.14. The first-order valence-corrected chi connectivity index (χ1v) is 10.7. The molecule has 0 bridgehead atoms. The molecule has 1 aromatic carbocycles. The van der Waals surface area contributed by atoms with Crippen LogP contribution in [0.25, 0.3) is 0 Å². The van der Waals surface area contributed by atoms with Gasteiger partial charge in [0.05, 0.1) is 11.3 Å². The molecule has 0 unspecified atom stereocenters. The molecule has 2 N–H and O–H groups in total. The summed E-state index contributed by atoms with van der Waals surface area (Å²) >= 11 is 6.18. The van der Waals surface area contributed by atoms with Crippen LogP contribution in [0.15, 0.2) is 23.2 Å². The molecule has 0 aliphatic heterocycles. The summed E-state index contributed by atoms with van der Waals surface area (Å²) in [6.45, 7) is 10.5. The van der Waals surface area contributed by atoms with Gasteiger partial charge in [-0.2, -0.15) is 0 Å². The van der Waals surface area contributed by atoms with Crippen molar-refractivity contribution < 1.29 is 12.8 Å². The zero-order valence-corrected chi connectivity index (χ0v) is 17.9. The summed E-state index contributed by atoms with van der Waals surface area (Å²) in [5, 5.41) is 6.69. The summed E-state index contributed by atoms with van der Waals surface area (Å²) in [7, 11) is -3.22. The molecule has 0 aromatic heterocycles. The number of aliphatic imine (C=N–C) groups is 1. The zero-order chi connectivity index (χ0) is 20.2. The van der Waals surface area contributed by atoms with Gasteiger partial charge >= 0.3 is 0 Å². The number of nitrogens with one attached hydrogen (secondary N) is 2. The Balaban J connectivity index is 2.92. The fourth-order valence-electron chi connectivity index (χ4n) is 2.17. The van der Waals surface area contributed by atoms with Crippen LogP contribution in [0.5, 0.6) is 0 Å². The zero-order valence-electron chi connectivity index (χ0n) is 16.3. The largest absolute Gasteiger partial charge is 0.357 e. The molecule has 8 heteroatoms. The van der Waals surface area contributed by atoms with Crippen molar-refractivity contribution in [1.82, 2.24) is 10.6 Å². The van der Waals surface area contributed by atoms with Crippen LogP contribution in [0.3, 0.4) is 0 Å². The highest BCUT2D eigenvalue weighted by atomic mass is 35.5. The van der Waals surface area contributed by atoms with Crippen molar-refractivity contribution in [3.8, 4) is 0 Å². The van der Waals surface area contributed by atoms with Crippen LogP contribution in [0.1, 0.15) is 40.2 Å². The quantitative estimate of drug-likeness (QED) is 0.540. The molecule has 26 heavy (non-hydrogen) atoms. The number of hydrogen-bond donors (Lipinski definition) is 2. The molecule has 5 nitrogen and oxygen atoms in total. The van der Waals surface area contributed by atoms with Gasteiger partial charge in [-0.3, -0.25) is 4.99 Å². The lowest BCUT2D eigenvalue weighted by Crippen LogP contribution is -2.45. The van der Waals surface area contributed by atoms with Gasteiger partial charge in [0.2, 0.25) is 0 Å². The van der Waals surface area contributed by atoms with Gasteiger partial charge in [0.1, 0.15) is 5.82 Å². The van der Waals surface area contributed by atoms with Gasteiger partial charge in [0.15, 0.2) is 15.8 Å². The van der Waals surface area contributed by atoms with Gasteiger partial charge in [-0.25, -0.2) is 12.8 Å². The Kier molecular flexibility index (Phi) is 7.48. The Morgan fingerprint density at radius 3 is 2.35 bits per heavy atom. The number of rotatable bonds is 7. The van der Waals surface area contributed by atoms with Crippen molar-refractivity contribution in [2.45, 2.75) is 44.8 Å². The molecule has 148 valence electrons. The van der Waals surface area contributed by atoms with E-state index in [0.717, 1.165) is 5.56 Å². The molecule has 1 rings (SSSR count). The molecule has 0 saturated heterocycles. The number of benzene rings is 1. The number of halogens is 2. The molecule has 0 radical (unpaired) electrons. The minimum atomic E-state index is -3.22. The molecule has 0 spiro atoms. The molecular weight excluding hydrogens is 377 g/mol. The van der Waals surface area contributed by atoms with Crippen molar-refractivity contribution in [3.63, 3.8) is 0 Å². The summed E-state index contributed by atoms with van der Waals surface area (Å²) < 4.78 is 36.0. The van der Waals surface area contributed by atoms with Crippen LogP contribution in [-0.4, -0.2) is 45.0 Å².